The van der Waals surface area contributed by atoms with Crippen molar-refractivity contribution in [2.45, 2.75) is 45.7 Å². The molecule has 0 N–H and O–H groups in total. The molecule has 0 bridgehead atoms. The number of fused-ring (bicyclic) bond motifs is 3. The van der Waals surface area contributed by atoms with Crippen LogP contribution in [0.5, 0.6) is 0 Å². The first kappa shape index (κ1) is 17.9. The highest BCUT2D eigenvalue weighted by Gasteiger charge is 2.21. The molecule has 1 aliphatic rings. The third-order valence-electron chi connectivity index (χ3n) is 6.04. The van der Waals surface area contributed by atoms with Crippen molar-refractivity contribution in [3.63, 3.8) is 0 Å². The minimum absolute atomic E-state index is 0.0631. The number of Topliss-reactive ketones (excluding diaryl/α,β-unsaturated/α-hetero) is 2. The van der Waals surface area contributed by atoms with Crippen molar-refractivity contribution < 1.29 is 9.59 Å². The maximum atomic E-state index is 11.9. The number of likely N-dealkylation sites (tertiary alicyclic amines) is 1. The van der Waals surface area contributed by atoms with Crippen molar-refractivity contribution >= 4 is 33.4 Å². The van der Waals surface area contributed by atoms with Gasteiger partial charge in [0.05, 0.1) is 0 Å². The summed E-state index contributed by atoms with van der Waals surface area (Å²) < 4.78 is 2.35. The summed E-state index contributed by atoms with van der Waals surface area (Å²) in [5.41, 5.74) is 3.70. The van der Waals surface area contributed by atoms with E-state index in [0.29, 0.717) is 17.2 Å². The second-order valence-corrected chi connectivity index (χ2v) is 7.79. The van der Waals surface area contributed by atoms with Crippen molar-refractivity contribution in [2.24, 2.45) is 0 Å². The second-order valence-electron chi connectivity index (χ2n) is 7.79. The van der Waals surface area contributed by atoms with Gasteiger partial charge in [-0.1, -0.05) is 0 Å². The van der Waals surface area contributed by atoms with Gasteiger partial charge in [-0.3, -0.25) is 9.59 Å². The number of aryl methyl sites for hydroxylation is 1. The van der Waals surface area contributed by atoms with E-state index in [1.165, 1.54) is 19.4 Å². The fourth-order valence-corrected chi connectivity index (χ4v) is 4.41. The van der Waals surface area contributed by atoms with Crippen LogP contribution in [0.4, 0.5) is 0 Å². The van der Waals surface area contributed by atoms with Gasteiger partial charge in [-0.05, 0) is 83.1 Å². The van der Waals surface area contributed by atoms with E-state index < -0.39 is 0 Å². The summed E-state index contributed by atoms with van der Waals surface area (Å²) in [6, 6.07) is 12.5. The summed E-state index contributed by atoms with van der Waals surface area (Å²) in [4.78, 5) is 26.2. The van der Waals surface area contributed by atoms with E-state index in [9.17, 15) is 9.59 Å². The fraction of sp³-hybridized carbons (Fsp3) is 0.391. The lowest BCUT2D eigenvalue weighted by molar-refractivity contribution is 0.100. The molecule has 4 heteroatoms. The molecule has 140 valence electrons. The molecule has 0 spiro atoms. The maximum absolute atomic E-state index is 11.9. The zero-order valence-corrected chi connectivity index (χ0v) is 16.3. The molecule has 0 unspecified atom stereocenters. The van der Waals surface area contributed by atoms with Crippen molar-refractivity contribution in [2.75, 3.05) is 13.6 Å². The highest BCUT2D eigenvalue weighted by atomic mass is 16.1. The van der Waals surface area contributed by atoms with Gasteiger partial charge in [0, 0.05) is 45.5 Å². The van der Waals surface area contributed by atoms with Gasteiger partial charge in [-0.15, -0.1) is 0 Å². The van der Waals surface area contributed by atoms with Crippen molar-refractivity contribution in [3.05, 3.63) is 47.5 Å². The van der Waals surface area contributed by atoms with Gasteiger partial charge in [0.1, 0.15) is 0 Å². The Morgan fingerprint density at radius 1 is 0.963 bits per heavy atom. The van der Waals surface area contributed by atoms with Crippen LogP contribution in [-0.2, 0) is 6.54 Å². The zero-order valence-electron chi connectivity index (χ0n) is 16.3. The quantitative estimate of drug-likeness (QED) is 0.619. The van der Waals surface area contributed by atoms with Gasteiger partial charge in [0.25, 0.3) is 0 Å². The second kappa shape index (κ2) is 6.93. The van der Waals surface area contributed by atoms with Crippen LogP contribution in [0, 0.1) is 0 Å². The van der Waals surface area contributed by atoms with Crippen LogP contribution in [-0.4, -0.2) is 40.7 Å². The molecule has 1 aromatic heterocycles. The number of carbonyl (C=O) groups excluding carboxylic acids is 2. The molecule has 1 atom stereocenters. The number of aromatic nitrogens is 1. The molecule has 1 fully saturated rings. The molecule has 4 rings (SSSR count). The Morgan fingerprint density at radius 2 is 1.52 bits per heavy atom. The number of benzene rings is 2. The predicted octanol–water partition coefficient (Wildman–Crippen LogP) is 4.68. The molecule has 0 aliphatic carbocycles. The third-order valence-corrected chi connectivity index (χ3v) is 6.04. The normalized spacial score (nSPS) is 17.8. The van der Waals surface area contributed by atoms with Crippen LogP contribution in [0.2, 0.25) is 0 Å². The molecule has 2 heterocycles. The van der Waals surface area contributed by atoms with Gasteiger partial charge >= 0.3 is 0 Å². The molecule has 2 aromatic carbocycles. The van der Waals surface area contributed by atoms with E-state index in [-0.39, 0.29) is 11.6 Å². The Kier molecular flexibility index (Phi) is 4.60. The maximum Gasteiger partial charge on any atom is 0.159 e. The van der Waals surface area contributed by atoms with Crippen LogP contribution in [0.15, 0.2) is 36.4 Å². The lowest BCUT2D eigenvalue weighted by atomic mass is 10.0. The first-order valence-electron chi connectivity index (χ1n) is 9.74. The van der Waals surface area contributed by atoms with Crippen molar-refractivity contribution in [3.8, 4) is 0 Å². The summed E-state index contributed by atoms with van der Waals surface area (Å²) in [5, 5.41) is 2.11. The first-order chi connectivity index (χ1) is 13.0. The SMILES string of the molecule is CC(=O)c1ccc2c(c1)c1cc(C(C)=O)ccc1n2CC[C@@H]1CCCN1C. The van der Waals surface area contributed by atoms with Crippen molar-refractivity contribution in [1.29, 1.82) is 0 Å². The Labute approximate surface area is 159 Å². The van der Waals surface area contributed by atoms with Crippen LogP contribution >= 0.6 is 0 Å². The lowest BCUT2D eigenvalue weighted by Crippen LogP contribution is -2.26. The summed E-state index contributed by atoms with van der Waals surface area (Å²) in [7, 11) is 2.21. The van der Waals surface area contributed by atoms with Gasteiger partial charge in [0.15, 0.2) is 11.6 Å². The van der Waals surface area contributed by atoms with E-state index >= 15 is 0 Å². The van der Waals surface area contributed by atoms with Crippen molar-refractivity contribution in [1.82, 2.24) is 9.47 Å². The number of carbonyl (C=O) groups is 2. The molecule has 27 heavy (non-hydrogen) atoms. The summed E-state index contributed by atoms with van der Waals surface area (Å²) in [6.45, 7) is 5.31. The molecule has 1 aliphatic heterocycles. The van der Waals surface area contributed by atoms with E-state index in [2.05, 4.69) is 28.6 Å². The van der Waals surface area contributed by atoms with Crippen LogP contribution in [0.1, 0.15) is 53.8 Å². The average Bonchev–Trinajstić information content (AvgIpc) is 3.19. The van der Waals surface area contributed by atoms with Crippen LogP contribution in [0.25, 0.3) is 21.8 Å². The lowest BCUT2D eigenvalue weighted by Gasteiger charge is -2.20. The van der Waals surface area contributed by atoms with E-state index in [1.807, 2.05) is 24.3 Å². The molecule has 0 saturated carbocycles. The Bertz CT molecular complexity index is 976. The highest BCUT2D eigenvalue weighted by molar-refractivity contribution is 6.12. The highest BCUT2D eigenvalue weighted by Crippen LogP contribution is 2.32. The first-order valence-corrected chi connectivity index (χ1v) is 9.74. The summed E-state index contributed by atoms with van der Waals surface area (Å²) >= 11 is 0. The smallest absolute Gasteiger partial charge is 0.159 e. The fourth-order valence-electron chi connectivity index (χ4n) is 4.41. The summed E-state index contributed by atoms with van der Waals surface area (Å²) in [5.74, 6) is 0.126. The molecule has 1 saturated heterocycles. The van der Waals surface area contributed by atoms with Crippen LogP contribution < -0.4 is 0 Å². The van der Waals surface area contributed by atoms with Gasteiger partial charge in [0.2, 0.25) is 0 Å². The van der Waals surface area contributed by atoms with Crippen LogP contribution in [0.3, 0.4) is 0 Å². The minimum atomic E-state index is 0.0631. The standard InChI is InChI=1S/C23H26N2O2/c1-15(26)17-6-8-22-20(13-17)21-14-18(16(2)27)7-9-23(21)25(22)12-10-19-5-4-11-24(19)3/h6-9,13-14,19H,4-5,10-12H2,1-3H3/t19-/m0/s1. The number of nitrogens with zero attached hydrogens (tertiary/aromatic N) is 2. The predicted molar refractivity (Wildman–Crippen MR) is 110 cm³/mol. The van der Waals surface area contributed by atoms with Gasteiger partial charge in [-0.2, -0.15) is 0 Å². The Hall–Kier alpha value is -2.46. The molecular weight excluding hydrogens is 336 g/mol. The Morgan fingerprint density at radius 3 is 1.96 bits per heavy atom. The third kappa shape index (κ3) is 3.19. The monoisotopic (exact) mass is 362 g/mol. The molecule has 0 radical (unpaired) electrons. The minimum Gasteiger partial charge on any atom is -0.340 e. The van der Waals surface area contributed by atoms with Gasteiger partial charge in [-0.25, -0.2) is 0 Å². The van der Waals surface area contributed by atoms with Gasteiger partial charge < -0.3 is 9.47 Å². The van der Waals surface area contributed by atoms with E-state index in [1.54, 1.807) is 13.8 Å². The number of ketones is 2. The molecule has 0 amide bonds. The number of rotatable bonds is 5. The molecule has 3 aromatic rings. The van der Waals surface area contributed by atoms with E-state index in [0.717, 1.165) is 34.8 Å². The number of hydrogen-bond acceptors (Lipinski definition) is 3. The molecular formula is C23H26N2O2. The topological polar surface area (TPSA) is 42.3 Å². The van der Waals surface area contributed by atoms with E-state index in [4.69, 9.17) is 0 Å². The Balaban J connectivity index is 1.85. The summed E-state index contributed by atoms with van der Waals surface area (Å²) in [6.07, 6.45) is 3.65. The zero-order chi connectivity index (χ0) is 19.1. The molecule has 4 nitrogen and oxygen atoms in total. The average molecular weight is 362 g/mol. The largest absolute Gasteiger partial charge is 0.340 e. The number of hydrogen-bond donors (Lipinski definition) is 0.